The maximum absolute atomic E-state index is 12.4. The number of hydrogen-bond donors (Lipinski definition) is 3. The summed E-state index contributed by atoms with van der Waals surface area (Å²) in [5.41, 5.74) is 0.595. The molecule has 0 fully saturated rings. The van der Waals surface area contributed by atoms with Crippen LogP contribution in [0.3, 0.4) is 0 Å². The van der Waals surface area contributed by atoms with Gasteiger partial charge in [0.05, 0.1) is 14.8 Å². The Labute approximate surface area is 204 Å². The molecule has 3 rings (SSSR count). The monoisotopic (exact) mass is 543 g/mol. The second-order valence-corrected chi connectivity index (χ2v) is 12.0. The summed E-state index contributed by atoms with van der Waals surface area (Å²) in [5, 5.41) is 7.52. The van der Waals surface area contributed by atoms with Crippen molar-refractivity contribution >= 4 is 66.2 Å². The summed E-state index contributed by atoms with van der Waals surface area (Å²) in [5.74, 6) is -1.44. The van der Waals surface area contributed by atoms with Crippen molar-refractivity contribution in [1.29, 1.82) is 0 Å². The Morgan fingerprint density at radius 2 is 1.53 bits per heavy atom. The number of nitrogens with one attached hydrogen (secondary N) is 2. The first-order valence-corrected chi connectivity index (χ1v) is 13.6. The third-order valence-corrected chi connectivity index (χ3v) is 8.32. The van der Waals surface area contributed by atoms with Crippen molar-refractivity contribution in [3.63, 3.8) is 0 Å². The number of primary sulfonamides is 1. The fraction of sp³-hybridized carbons (Fsp3) is 0.100. The smallest absolute Gasteiger partial charge is 0.338 e. The van der Waals surface area contributed by atoms with Crippen LogP contribution in [0.5, 0.6) is 0 Å². The molecule has 14 heteroatoms. The Bertz CT molecular complexity index is 1420. The van der Waals surface area contributed by atoms with Crippen LogP contribution in [-0.2, 0) is 29.6 Å². The number of nitrogens with two attached hydrogens (primary N) is 1. The zero-order chi connectivity index (χ0) is 25.1. The van der Waals surface area contributed by atoms with Gasteiger partial charge in [-0.15, -0.1) is 11.3 Å². The highest BCUT2D eigenvalue weighted by molar-refractivity contribution is 7.94. The van der Waals surface area contributed by atoms with Gasteiger partial charge in [0.2, 0.25) is 10.0 Å². The van der Waals surface area contributed by atoms with Gasteiger partial charge in [-0.25, -0.2) is 26.8 Å². The second-order valence-electron chi connectivity index (χ2n) is 6.85. The molecule has 34 heavy (non-hydrogen) atoms. The van der Waals surface area contributed by atoms with E-state index in [9.17, 15) is 26.4 Å². The molecule has 0 aliphatic rings. The number of rotatable bonds is 8. The van der Waals surface area contributed by atoms with Crippen LogP contribution in [0.15, 0.2) is 69.8 Å². The van der Waals surface area contributed by atoms with Gasteiger partial charge in [0.25, 0.3) is 15.9 Å². The zero-order valence-electron chi connectivity index (χ0n) is 17.4. The summed E-state index contributed by atoms with van der Waals surface area (Å²) in [4.78, 5) is 24.5. The molecule has 0 spiro atoms. The van der Waals surface area contributed by atoms with Gasteiger partial charge in [-0.05, 0) is 67.6 Å². The highest BCUT2D eigenvalue weighted by Crippen LogP contribution is 2.27. The summed E-state index contributed by atoms with van der Waals surface area (Å²) in [6, 6.07) is 13.4. The number of thiophene rings is 1. The van der Waals surface area contributed by atoms with Crippen LogP contribution in [0.1, 0.15) is 17.3 Å². The number of sulfonamides is 2. The molecule has 0 aliphatic heterocycles. The highest BCUT2D eigenvalue weighted by atomic mass is 35.5. The lowest BCUT2D eigenvalue weighted by Crippen LogP contribution is -2.30. The molecule has 1 amide bonds. The molecule has 2 aromatic carbocycles. The Hall–Kier alpha value is -2.97. The molecule has 1 atom stereocenters. The molecule has 0 saturated carbocycles. The van der Waals surface area contributed by atoms with E-state index >= 15 is 0 Å². The molecular weight excluding hydrogens is 526 g/mol. The number of halogens is 1. The molecule has 0 saturated heterocycles. The normalized spacial score (nSPS) is 12.6. The summed E-state index contributed by atoms with van der Waals surface area (Å²) >= 11 is 6.68. The number of anilines is 2. The average molecular weight is 544 g/mol. The van der Waals surface area contributed by atoms with Gasteiger partial charge < -0.3 is 10.1 Å². The van der Waals surface area contributed by atoms with Crippen molar-refractivity contribution in [2.75, 3.05) is 10.0 Å². The van der Waals surface area contributed by atoms with Crippen LogP contribution in [0.25, 0.3) is 0 Å². The fourth-order valence-corrected chi connectivity index (χ4v) is 5.63. The summed E-state index contributed by atoms with van der Waals surface area (Å²) in [6.45, 7) is 1.36. The lowest BCUT2D eigenvalue weighted by Gasteiger charge is -2.14. The molecule has 1 aromatic heterocycles. The fourth-order valence-electron chi connectivity index (χ4n) is 2.58. The minimum atomic E-state index is -3.86. The summed E-state index contributed by atoms with van der Waals surface area (Å²) in [6.07, 6.45) is -1.17. The number of amides is 1. The zero-order valence-corrected chi connectivity index (χ0v) is 20.6. The minimum absolute atomic E-state index is 0.0418. The maximum atomic E-state index is 12.4. The van der Waals surface area contributed by atoms with E-state index in [1.165, 1.54) is 67.6 Å². The van der Waals surface area contributed by atoms with Crippen LogP contribution in [0, 0.1) is 0 Å². The van der Waals surface area contributed by atoms with E-state index in [0.29, 0.717) is 4.34 Å². The standard InChI is InChI=1S/C20H18ClN3O7S3/c1-12(19(25)23-14-6-8-16(9-7-14)33(22,27)28)31-20(26)13-2-4-15(5-3-13)24-34(29,30)18-11-10-17(21)32-18/h2-12,24H,1H3,(H,23,25)(H2,22,27,28)/t12-/m1/s1. The predicted molar refractivity (Wildman–Crippen MR) is 128 cm³/mol. The second kappa shape index (κ2) is 10.1. The van der Waals surface area contributed by atoms with Crippen LogP contribution in [0.2, 0.25) is 4.34 Å². The van der Waals surface area contributed by atoms with E-state index in [4.69, 9.17) is 21.5 Å². The Morgan fingerprint density at radius 3 is 2.06 bits per heavy atom. The summed E-state index contributed by atoms with van der Waals surface area (Å²) < 4.78 is 55.1. The number of benzene rings is 2. The molecule has 0 aliphatic carbocycles. The maximum Gasteiger partial charge on any atom is 0.338 e. The predicted octanol–water partition coefficient (Wildman–Crippen LogP) is 3.03. The van der Waals surface area contributed by atoms with E-state index < -0.39 is 38.0 Å². The molecule has 10 nitrogen and oxygen atoms in total. The topological polar surface area (TPSA) is 162 Å². The third kappa shape index (κ3) is 6.55. The van der Waals surface area contributed by atoms with E-state index in [0.717, 1.165) is 11.3 Å². The van der Waals surface area contributed by atoms with E-state index in [-0.39, 0.29) is 26.0 Å². The molecule has 0 radical (unpaired) electrons. The average Bonchev–Trinajstić information content (AvgIpc) is 3.21. The number of hydrogen-bond acceptors (Lipinski definition) is 8. The Morgan fingerprint density at radius 1 is 0.941 bits per heavy atom. The van der Waals surface area contributed by atoms with Gasteiger partial charge in [-0.1, -0.05) is 11.6 Å². The minimum Gasteiger partial charge on any atom is -0.449 e. The van der Waals surface area contributed by atoms with Crippen LogP contribution >= 0.6 is 22.9 Å². The molecule has 0 bridgehead atoms. The van der Waals surface area contributed by atoms with Crippen molar-refractivity contribution in [2.24, 2.45) is 5.14 Å². The number of ether oxygens (including phenoxy) is 1. The molecule has 1 heterocycles. The Kier molecular flexibility index (Phi) is 7.63. The van der Waals surface area contributed by atoms with Gasteiger partial charge in [0.15, 0.2) is 6.10 Å². The van der Waals surface area contributed by atoms with Gasteiger partial charge in [-0.3, -0.25) is 9.52 Å². The van der Waals surface area contributed by atoms with Crippen molar-refractivity contribution in [1.82, 2.24) is 0 Å². The third-order valence-electron chi connectivity index (χ3n) is 4.29. The first-order chi connectivity index (χ1) is 15.8. The van der Waals surface area contributed by atoms with E-state index in [1.807, 2.05) is 0 Å². The van der Waals surface area contributed by atoms with Gasteiger partial charge in [0, 0.05) is 11.4 Å². The van der Waals surface area contributed by atoms with Gasteiger partial charge in [0.1, 0.15) is 4.21 Å². The number of esters is 1. The van der Waals surface area contributed by atoms with E-state index in [1.54, 1.807) is 0 Å². The van der Waals surface area contributed by atoms with Crippen molar-refractivity contribution < 1.29 is 31.2 Å². The Balaban J connectivity index is 1.59. The molecule has 4 N–H and O–H groups in total. The molecule has 0 unspecified atom stereocenters. The largest absolute Gasteiger partial charge is 0.449 e. The molecule has 180 valence electrons. The SMILES string of the molecule is C[C@@H](OC(=O)c1ccc(NS(=O)(=O)c2ccc(Cl)s2)cc1)C(=O)Nc1ccc(S(N)(=O)=O)cc1. The number of carbonyl (C=O) groups excluding carboxylic acids is 2. The van der Waals surface area contributed by atoms with Crippen molar-refractivity contribution in [3.8, 4) is 0 Å². The van der Waals surface area contributed by atoms with Gasteiger partial charge >= 0.3 is 5.97 Å². The first kappa shape index (κ1) is 25.6. The first-order valence-electron chi connectivity index (χ1n) is 9.38. The van der Waals surface area contributed by atoms with Crippen molar-refractivity contribution in [2.45, 2.75) is 22.1 Å². The van der Waals surface area contributed by atoms with Crippen LogP contribution in [-0.4, -0.2) is 34.8 Å². The van der Waals surface area contributed by atoms with Crippen LogP contribution in [0.4, 0.5) is 11.4 Å². The van der Waals surface area contributed by atoms with Gasteiger partial charge in [-0.2, -0.15) is 0 Å². The quantitative estimate of drug-likeness (QED) is 0.368. The number of carbonyl (C=O) groups is 2. The summed E-state index contributed by atoms with van der Waals surface area (Å²) in [7, 11) is -7.68. The highest BCUT2D eigenvalue weighted by Gasteiger charge is 2.20. The van der Waals surface area contributed by atoms with Crippen molar-refractivity contribution in [3.05, 3.63) is 70.6 Å². The van der Waals surface area contributed by atoms with E-state index in [2.05, 4.69) is 10.0 Å². The van der Waals surface area contributed by atoms with Crippen LogP contribution < -0.4 is 15.2 Å². The lowest BCUT2D eigenvalue weighted by atomic mass is 10.2. The molecule has 3 aromatic rings. The lowest BCUT2D eigenvalue weighted by molar-refractivity contribution is -0.123. The molecular formula is C20H18ClN3O7S3.